The van der Waals surface area contributed by atoms with Crippen molar-refractivity contribution >= 4 is 11.8 Å². The Morgan fingerprint density at radius 1 is 1.44 bits per heavy atom. The van der Waals surface area contributed by atoms with Crippen molar-refractivity contribution in [3.8, 4) is 0 Å². The van der Waals surface area contributed by atoms with Crippen LogP contribution in [0.15, 0.2) is 35.3 Å². The summed E-state index contributed by atoms with van der Waals surface area (Å²) < 4.78 is 4.72. The number of nitrogens with one attached hydrogen (secondary N) is 1. The van der Waals surface area contributed by atoms with Crippen molar-refractivity contribution in [3.63, 3.8) is 0 Å². The van der Waals surface area contributed by atoms with E-state index in [1.807, 2.05) is 23.7 Å². The molecule has 0 amide bonds. The smallest absolute Gasteiger partial charge is 0.327 e. The fraction of sp³-hybridized carbons (Fsp3) is 0.273. The van der Waals surface area contributed by atoms with Gasteiger partial charge in [0, 0.05) is 5.56 Å². The van der Waals surface area contributed by atoms with E-state index in [2.05, 4.69) is 4.99 Å². The molecule has 2 N–H and O–H groups in total. The fourth-order valence-corrected chi connectivity index (χ4v) is 1.14. The van der Waals surface area contributed by atoms with Gasteiger partial charge in [-0.05, 0) is 6.92 Å². The lowest BCUT2D eigenvalue weighted by molar-refractivity contribution is -0.141. The maximum absolute atomic E-state index is 11.1. The molecule has 0 aliphatic rings. The average Bonchev–Trinajstić information content (AvgIpc) is 2.31. The molecule has 1 aromatic rings. The van der Waals surface area contributed by atoms with Gasteiger partial charge in [-0.3, -0.25) is 20.5 Å². The first-order valence-electron chi connectivity index (χ1n) is 4.93. The number of carbonyl (C=O) groups excluding carboxylic acids is 1. The van der Waals surface area contributed by atoms with Crippen molar-refractivity contribution in [1.82, 2.24) is 5.48 Å². The van der Waals surface area contributed by atoms with Crippen LogP contribution in [0.3, 0.4) is 0 Å². The minimum atomic E-state index is -0.425. The summed E-state index contributed by atoms with van der Waals surface area (Å²) in [5.74, 6) is -0.181. The zero-order valence-corrected chi connectivity index (χ0v) is 9.01. The van der Waals surface area contributed by atoms with Crippen LogP contribution in [-0.2, 0) is 9.53 Å². The van der Waals surface area contributed by atoms with E-state index in [0.717, 1.165) is 0 Å². The van der Waals surface area contributed by atoms with Gasteiger partial charge in [0.15, 0.2) is 5.84 Å². The van der Waals surface area contributed by atoms with E-state index in [1.54, 1.807) is 19.1 Å². The van der Waals surface area contributed by atoms with Gasteiger partial charge in [0.05, 0.1) is 6.61 Å². The number of rotatable bonds is 4. The Morgan fingerprint density at radius 2 is 2.12 bits per heavy atom. The molecule has 0 saturated heterocycles. The first kappa shape index (κ1) is 12.2. The van der Waals surface area contributed by atoms with E-state index in [9.17, 15) is 4.79 Å². The molecule has 5 heteroatoms. The lowest BCUT2D eigenvalue weighted by atomic mass is 10.2. The molecule has 86 valence electrons. The number of amidine groups is 1. The molecule has 0 fully saturated rings. The normalized spacial score (nSPS) is 11.0. The van der Waals surface area contributed by atoms with Gasteiger partial charge in [0.2, 0.25) is 0 Å². The van der Waals surface area contributed by atoms with Gasteiger partial charge in [-0.25, -0.2) is 0 Å². The number of hydrogen-bond donors (Lipinski definition) is 2. The number of esters is 1. The molecule has 0 spiro atoms. The molecule has 0 saturated carbocycles. The molecule has 0 atom stereocenters. The molecule has 16 heavy (non-hydrogen) atoms. The zero-order valence-electron chi connectivity index (χ0n) is 9.01. The summed E-state index contributed by atoms with van der Waals surface area (Å²) in [6.45, 7) is 1.93. The van der Waals surface area contributed by atoms with Gasteiger partial charge < -0.3 is 4.74 Å². The third-order valence-electron chi connectivity index (χ3n) is 1.82. The predicted molar refractivity (Wildman–Crippen MR) is 59.4 cm³/mol. The second kappa shape index (κ2) is 6.58. The zero-order chi connectivity index (χ0) is 11.8. The number of ether oxygens (including phenoxy) is 1. The summed E-state index contributed by atoms with van der Waals surface area (Å²) >= 11 is 0. The van der Waals surface area contributed by atoms with Gasteiger partial charge in [0.1, 0.15) is 6.54 Å². The fourth-order valence-electron chi connectivity index (χ4n) is 1.14. The third-order valence-corrected chi connectivity index (χ3v) is 1.82. The van der Waals surface area contributed by atoms with E-state index >= 15 is 0 Å². The van der Waals surface area contributed by atoms with Crippen LogP contribution >= 0.6 is 0 Å². The van der Waals surface area contributed by atoms with Crippen molar-refractivity contribution in [2.24, 2.45) is 4.99 Å². The van der Waals surface area contributed by atoms with Crippen molar-refractivity contribution < 1.29 is 14.7 Å². The molecule has 1 aromatic carbocycles. The van der Waals surface area contributed by atoms with Crippen LogP contribution in [0.2, 0.25) is 0 Å². The number of hydrogen-bond acceptors (Lipinski definition) is 4. The van der Waals surface area contributed by atoms with Gasteiger partial charge in [-0.15, -0.1) is 0 Å². The second-order valence-corrected chi connectivity index (χ2v) is 2.95. The van der Waals surface area contributed by atoms with Crippen LogP contribution in [0.5, 0.6) is 0 Å². The summed E-state index contributed by atoms with van der Waals surface area (Å²) in [4.78, 5) is 15.0. The van der Waals surface area contributed by atoms with Gasteiger partial charge in [0.25, 0.3) is 0 Å². The van der Waals surface area contributed by atoms with Crippen LogP contribution in [0.1, 0.15) is 12.5 Å². The summed E-state index contributed by atoms with van der Waals surface area (Å²) in [5.41, 5.74) is 2.66. The highest BCUT2D eigenvalue weighted by molar-refractivity contribution is 5.98. The second-order valence-electron chi connectivity index (χ2n) is 2.95. The number of aliphatic imine (C=N–C) groups is 1. The van der Waals surface area contributed by atoms with E-state index in [-0.39, 0.29) is 12.4 Å². The van der Waals surface area contributed by atoms with Crippen LogP contribution in [0.4, 0.5) is 0 Å². The molecule has 0 aliphatic heterocycles. The SMILES string of the molecule is CCOC(=O)CN=C(NO)c1ccccc1. The molecule has 0 aliphatic carbocycles. The lowest BCUT2D eigenvalue weighted by Gasteiger charge is -2.04. The Morgan fingerprint density at radius 3 is 2.69 bits per heavy atom. The van der Waals surface area contributed by atoms with Crippen molar-refractivity contribution in [2.45, 2.75) is 6.92 Å². The third kappa shape index (κ3) is 3.70. The maximum Gasteiger partial charge on any atom is 0.327 e. The van der Waals surface area contributed by atoms with Crippen LogP contribution in [0.25, 0.3) is 0 Å². The molecule has 5 nitrogen and oxygen atoms in total. The maximum atomic E-state index is 11.1. The first-order valence-corrected chi connectivity index (χ1v) is 4.93. The van der Waals surface area contributed by atoms with E-state index in [1.165, 1.54) is 0 Å². The highest BCUT2D eigenvalue weighted by Crippen LogP contribution is 1.99. The molecular formula is C11H14N2O3. The number of carbonyl (C=O) groups is 1. The summed E-state index contributed by atoms with van der Waals surface area (Å²) in [6, 6.07) is 9.02. The monoisotopic (exact) mass is 222 g/mol. The van der Waals surface area contributed by atoms with E-state index < -0.39 is 5.97 Å². The first-order chi connectivity index (χ1) is 7.77. The average molecular weight is 222 g/mol. The van der Waals surface area contributed by atoms with E-state index in [4.69, 9.17) is 9.94 Å². The quantitative estimate of drug-likeness (QED) is 0.345. The molecular weight excluding hydrogens is 208 g/mol. The standard InChI is InChI=1S/C11H14N2O3/c1-2-16-10(14)8-12-11(13-15)9-6-4-3-5-7-9/h3-7,15H,2,8H2,1H3,(H,12,13). The molecule has 1 rings (SSSR count). The van der Waals surface area contributed by atoms with Crippen molar-refractivity contribution in [1.29, 1.82) is 0 Å². The lowest BCUT2D eigenvalue weighted by Crippen LogP contribution is -2.22. The Balaban J connectivity index is 2.68. The van der Waals surface area contributed by atoms with Gasteiger partial charge in [-0.2, -0.15) is 0 Å². The summed E-state index contributed by atoms with van der Waals surface area (Å²) in [5, 5.41) is 8.89. The van der Waals surface area contributed by atoms with Crippen LogP contribution in [0, 0.1) is 0 Å². The molecule has 0 unspecified atom stereocenters. The van der Waals surface area contributed by atoms with Crippen LogP contribution < -0.4 is 5.48 Å². The minimum absolute atomic E-state index is 0.119. The number of hydroxylamine groups is 1. The molecule has 0 heterocycles. The minimum Gasteiger partial charge on any atom is -0.465 e. The van der Waals surface area contributed by atoms with E-state index in [0.29, 0.717) is 12.2 Å². The summed E-state index contributed by atoms with van der Waals surface area (Å²) in [7, 11) is 0. The summed E-state index contributed by atoms with van der Waals surface area (Å²) in [6.07, 6.45) is 0. The predicted octanol–water partition coefficient (Wildman–Crippen LogP) is 0.975. The molecule has 0 radical (unpaired) electrons. The molecule has 0 bridgehead atoms. The van der Waals surface area contributed by atoms with Crippen molar-refractivity contribution in [2.75, 3.05) is 13.2 Å². The topological polar surface area (TPSA) is 70.9 Å². The Labute approximate surface area is 93.7 Å². The number of nitrogens with zero attached hydrogens (tertiary/aromatic N) is 1. The van der Waals surface area contributed by atoms with Crippen LogP contribution in [-0.4, -0.2) is 30.2 Å². The Bertz CT molecular complexity index is 363. The molecule has 0 aromatic heterocycles. The van der Waals surface area contributed by atoms with Gasteiger partial charge >= 0.3 is 5.97 Å². The number of benzene rings is 1. The van der Waals surface area contributed by atoms with Crippen molar-refractivity contribution in [3.05, 3.63) is 35.9 Å². The van der Waals surface area contributed by atoms with Gasteiger partial charge in [-0.1, -0.05) is 30.3 Å². The largest absolute Gasteiger partial charge is 0.465 e. The Kier molecular flexibility index (Phi) is 5.01. The Hall–Kier alpha value is -1.88. The highest BCUT2D eigenvalue weighted by atomic mass is 16.5. The highest BCUT2D eigenvalue weighted by Gasteiger charge is 2.03.